The summed E-state index contributed by atoms with van der Waals surface area (Å²) in [5, 5.41) is 0. The van der Waals surface area contributed by atoms with Gasteiger partial charge in [-0.25, -0.2) is 0 Å². The standard InChI is InChI=1S/C26H38O3/c1-16-15-25-12-13-26(16,24(4)28-17(2)29-24)23(25,3)11-10-21-20-8-7-19(27-5)14-18(20)6-9-22(21)25/h7,16-17,21-22H,6,8-15H2,1-5H3/t16-,17?,21-,22-,23+,24?,25?,26+/m1/s1. The molecule has 0 aromatic carbocycles. The molecule has 1 unspecified atom stereocenters. The highest BCUT2D eigenvalue weighted by atomic mass is 16.9. The van der Waals surface area contributed by atoms with Gasteiger partial charge < -0.3 is 14.2 Å². The molecule has 6 rings (SSSR count). The van der Waals surface area contributed by atoms with Crippen molar-refractivity contribution >= 4 is 0 Å². The van der Waals surface area contributed by atoms with Gasteiger partial charge in [0.2, 0.25) is 0 Å². The van der Waals surface area contributed by atoms with Crippen LogP contribution in [0, 0.1) is 34.0 Å². The van der Waals surface area contributed by atoms with E-state index in [9.17, 15) is 0 Å². The fraction of sp³-hybridized carbons (Fsp3) is 0.846. The van der Waals surface area contributed by atoms with Crippen LogP contribution in [0.15, 0.2) is 23.0 Å². The Morgan fingerprint density at radius 3 is 2.55 bits per heavy atom. The molecule has 3 saturated carbocycles. The molecule has 160 valence electrons. The van der Waals surface area contributed by atoms with Crippen LogP contribution in [0.4, 0.5) is 0 Å². The summed E-state index contributed by atoms with van der Waals surface area (Å²) in [5.74, 6) is 3.14. The molecule has 0 radical (unpaired) electrons. The third kappa shape index (κ3) is 1.95. The third-order valence-corrected chi connectivity index (χ3v) is 11.2. The molecule has 5 aliphatic carbocycles. The van der Waals surface area contributed by atoms with E-state index in [1.54, 1.807) is 11.1 Å². The van der Waals surface area contributed by atoms with Crippen molar-refractivity contribution in [3.8, 4) is 0 Å². The average Bonchev–Trinajstić information content (AvgIpc) is 3.07. The monoisotopic (exact) mass is 398 g/mol. The van der Waals surface area contributed by atoms with Gasteiger partial charge in [0, 0.05) is 11.8 Å². The lowest BCUT2D eigenvalue weighted by Gasteiger charge is -2.63. The normalized spacial score (nSPS) is 55.6. The molecule has 3 heteroatoms. The van der Waals surface area contributed by atoms with Crippen LogP contribution >= 0.6 is 0 Å². The molecule has 6 aliphatic rings. The van der Waals surface area contributed by atoms with E-state index in [0.717, 1.165) is 24.7 Å². The Balaban J connectivity index is 1.39. The van der Waals surface area contributed by atoms with Crippen LogP contribution in [0.5, 0.6) is 0 Å². The first-order valence-electron chi connectivity index (χ1n) is 12.1. The fourth-order valence-electron chi connectivity index (χ4n) is 10.3. The number of rotatable bonds is 2. The second-order valence-corrected chi connectivity index (χ2v) is 11.5. The molecule has 0 aromatic heterocycles. The highest BCUT2D eigenvalue weighted by Crippen LogP contribution is 2.85. The van der Waals surface area contributed by atoms with Crippen LogP contribution in [0.3, 0.4) is 0 Å². The van der Waals surface area contributed by atoms with Gasteiger partial charge in [0.1, 0.15) is 0 Å². The molecule has 1 saturated heterocycles. The molecule has 1 heterocycles. The van der Waals surface area contributed by atoms with E-state index in [-0.39, 0.29) is 17.5 Å². The number of fused-ring (bicyclic) bond motifs is 2. The van der Waals surface area contributed by atoms with E-state index in [1.807, 2.05) is 7.11 Å². The molecule has 29 heavy (non-hydrogen) atoms. The van der Waals surface area contributed by atoms with E-state index in [4.69, 9.17) is 14.2 Å². The minimum Gasteiger partial charge on any atom is -0.501 e. The smallest absolute Gasteiger partial charge is 0.178 e. The maximum Gasteiger partial charge on any atom is 0.178 e. The van der Waals surface area contributed by atoms with Crippen molar-refractivity contribution < 1.29 is 14.2 Å². The van der Waals surface area contributed by atoms with Gasteiger partial charge in [-0.1, -0.05) is 25.0 Å². The van der Waals surface area contributed by atoms with Gasteiger partial charge >= 0.3 is 0 Å². The van der Waals surface area contributed by atoms with Crippen LogP contribution in [0.1, 0.15) is 85.5 Å². The third-order valence-electron chi connectivity index (χ3n) is 11.2. The van der Waals surface area contributed by atoms with Gasteiger partial charge in [0.15, 0.2) is 12.1 Å². The number of hydrogen-bond acceptors (Lipinski definition) is 3. The quantitative estimate of drug-likeness (QED) is 0.507. The van der Waals surface area contributed by atoms with Crippen molar-refractivity contribution in [3.63, 3.8) is 0 Å². The maximum absolute atomic E-state index is 6.41. The van der Waals surface area contributed by atoms with Gasteiger partial charge in [-0.2, -0.15) is 0 Å². The largest absolute Gasteiger partial charge is 0.501 e. The maximum atomic E-state index is 6.41. The Hall–Kier alpha value is -0.800. The number of allylic oxidation sites excluding steroid dienone is 3. The summed E-state index contributed by atoms with van der Waals surface area (Å²) >= 11 is 0. The molecule has 6 atom stereocenters. The Morgan fingerprint density at radius 2 is 1.86 bits per heavy atom. The average molecular weight is 399 g/mol. The van der Waals surface area contributed by atoms with Crippen molar-refractivity contribution in [1.82, 2.24) is 0 Å². The summed E-state index contributed by atoms with van der Waals surface area (Å²) in [6, 6.07) is 0. The van der Waals surface area contributed by atoms with Crippen LogP contribution < -0.4 is 0 Å². The second kappa shape index (κ2) is 5.71. The molecule has 0 N–H and O–H groups in total. The van der Waals surface area contributed by atoms with E-state index in [2.05, 4.69) is 33.8 Å². The Morgan fingerprint density at radius 1 is 1.07 bits per heavy atom. The zero-order valence-corrected chi connectivity index (χ0v) is 19.0. The molecular weight excluding hydrogens is 360 g/mol. The predicted octanol–water partition coefficient (Wildman–Crippen LogP) is 6.35. The first kappa shape index (κ1) is 18.9. The van der Waals surface area contributed by atoms with Gasteiger partial charge in [0.25, 0.3) is 0 Å². The molecule has 0 aromatic rings. The minimum atomic E-state index is -0.383. The number of ether oxygens (including phenoxy) is 3. The van der Waals surface area contributed by atoms with Crippen molar-refractivity contribution in [2.75, 3.05) is 7.11 Å². The van der Waals surface area contributed by atoms with E-state index in [1.165, 1.54) is 50.7 Å². The van der Waals surface area contributed by atoms with Gasteiger partial charge in [0.05, 0.1) is 12.9 Å². The van der Waals surface area contributed by atoms with Crippen molar-refractivity contribution in [3.05, 3.63) is 23.0 Å². The van der Waals surface area contributed by atoms with Crippen LogP contribution in [-0.4, -0.2) is 19.2 Å². The number of hydrogen-bond donors (Lipinski definition) is 0. The summed E-state index contributed by atoms with van der Waals surface area (Å²) in [5.41, 5.74) is 4.52. The van der Waals surface area contributed by atoms with Crippen molar-refractivity contribution in [2.45, 2.75) is 97.6 Å². The summed E-state index contributed by atoms with van der Waals surface area (Å²) < 4.78 is 18.4. The van der Waals surface area contributed by atoms with Crippen LogP contribution in [0.2, 0.25) is 0 Å². The van der Waals surface area contributed by atoms with Crippen LogP contribution in [-0.2, 0) is 14.2 Å². The molecule has 0 amide bonds. The van der Waals surface area contributed by atoms with E-state index < -0.39 is 0 Å². The van der Waals surface area contributed by atoms with E-state index >= 15 is 0 Å². The molecule has 3 nitrogen and oxygen atoms in total. The van der Waals surface area contributed by atoms with Crippen LogP contribution in [0.25, 0.3) is 0 Å². The Bertz CT molecular complexity index is 805. The highest BCUT2D eigenvalue weighted by Gasteiger charge is 2.82. The zero-order chi connectivity index (χ0) is 20.2. The first-order valence-corrected chi connectivity index (χ1v) is 12.1. The second-order valence-electron chi connectivity index (χ2n) is 11.5. The predicted molar refractivity (Wildman–Crippen MR) is 113 cm³/mol. The Labute approximate surface area is 176 Å². The highest BCUT2D eigenvalue weighted by molar-refractivity contribution is 5.36. The summed E-state index contributed by atoms with van der Waals surface area (Å²) in [7, 11) is 1.83. The molecular formula is C26H38O3. The summed E-state index contributed by atoms with van der Waals surface area (Å²) in [6.07, 6.45) is 13.9. The molecule has 4 fully saturated rings. The lowest BCUT2D eigenvalue weighted by atomic mass is 9.46. The minimum absolute atomic E-state index is 0.0384. The SMILES string of the molecule is COC1=CCC2=C(CC[C@@H]3[C@@H]2CC[C@@]2(C)C34CC[C@]2(C2(C)OC(C)O2)[C@H](C)C4)C1. The zero-order valence-electron chi connectivity index (χ0n) is 19.0. The topological polar surface area (TPSA) is 27.7 Å². The molecule has 1 aliphatic heterocycles. The van der Waals surface area contributed by atoms with E-state index in [0.29, 0.717) is 16.7 Å². The van der Waals surface area contributed by atoms with Crippen molar-refractivity contribution in [2.24, 2.45) is 34.0 Å². The molecule has 2 bridgehead atoms. The van der Waals surface area contributed by atoms with Gasteiger partial charge in [-0.15, -0.1) is 0 Å². The summed E-state index contributed by atoms with van der Waals surface area (Å²) in [4.78, 5) is 0. The molecule has 0 spiro atoms. The van der Waals surface area contributed by atoms with Gasteiger partial charge in [-0.05, 0) is 99.9 Å². The number of methoxy groups -OCH3 is 1. The fourth-order valence-corrected chi connectivity index (χ4v) is 10.3. The summed E-state index contributed by atoms with van der Waals surface area (Å²) in [6.45, 7) is 9.48. The lowest BCUT2D eigenvalue weighted by Crippen LogP contribution is -2.66. The lowest BCUT2D eigenvalue weighted by molar-refractivity contribution is -0.488. The van der Waals surface area contributed by atoms with Gasteiger partial charge in [-0.3, -0.25) is 0 Å². The first-order chi connectivity index (χ1) is 13.8. The van der Waals surface area contributed by atoms with Crippen molar-refractivity contribution in [1.29, 1.82) is 0 Å². The Kier molecular flexibility index (Phi) is 3.72.